The Morgan fingerprint density at radius 2 is 1.85 bits per heavy atom. The molecule has 1 N–H and O–H groups in total. The van der Waals surface area contributed by atoms with Gasteiger partial charge < -0.3 is 9.47 Å². The van der Waals surface area contributed by atoms with Gasteiger partial charge in [-0.25, -0.2) is 8.42 Å². The summed E-state index contributed by atoms with van der Waals surface area (Å²) in [5.41, 5.74) is 1.74. The predicted molar refractivity (Wildman–Crippen MR) is 96.6 cm³/mol. The number of sulfonamides is 1. The van der Waals surface area contributed by atoms with Crippen LogP contribution in [0.5, 0.6) is 11.5 Å². The molecule has 136 valence electrons. The van der Waals surface area contributed by atoms with Crippen molar-refractivity contribution < 1.29 is 22.7 Å². The molecule has 7 heteroatoms. The third-order valence-electron chi connectivity index (χ3n) is 4.17. The van der Waals surface area contributed by atoms with E-state index in [1.54, 1.807) is 30.3 Å². The van der Waals surface area contributed by atoms with E-state index in [2.05, 4.69) is 4.72 Å². The van der Waals surface area contributed by atoms with Crippen molar-refractivity contribution in [1.82, 2.24) is 4.72 Å². The van der Waals surface area contributed by atoms with Gasteiger partial charge in [-0.15, -0.1) is 0 Å². The van der Waals surface area contributed by atoms with Gasteiger partial charge in [0.15, 0.2) is 5.78 Å². The molecule has 0 fully saturated rings. The Hall–Kier alpha value is -2.64. The number of aryl methyl sites for hydroxylation is 1. The molecule has 0 aliphatic carbocycles. The number of carbonyl (C=O) groups excluding carboxylic acids is 1. The summed E-state index contributed by atoms with van der Waals surface area (Å²) < 4.78 is 38.9. The third-order valence-corrected chi connectivity index (χ3v) is 5.61. The zero-order chi connectivity index (χ0) is 18.9. The van der Waals surface area contributed by atoms with Crippen molar-refractivity contribution in [3.05, 3.63) is 65.4 Å². The number of hydrogen-bond acceptors (Lipinski definition) is 5. The summed E-state index contributed by atoms with van der Waals surface area (Å²) in [4.78, 5) is 12.1. The van der Waals surface area contributed by atoms with Crippen molar-refractivity contribution in [1.29, 1.82) is 0 Å². The first-order valence-corrected chi connectivity index (χ1v) is 9.45. The van der Waals surface area contributed by atoms with Gasteiger partial charge >= 0.3 is 0 Å². The van der Waals surface area contributed by atoms with Crippen molar-refractivity contribution >= 4 is 15.8 Å². The maximum atomic E-state index is 12.8. The topological polar surface area (TPSA) is 81.7 Å². The minimum Gasteiger partial charge on any atom is -0.497 e. The van der Waals surface area contributed by atoms with Crippen molar-refractivity contribution in [2.75, 3.05) is 7.11 Å². The number of rotatable bonds is 5. The van der Waals surface area contributed by atoms with Crippen molar-refractivity contribution in [2.45, 2.75) is 24.8 Å². The average molecular weight is 373 g/mol. The Bertz CT molecular complexity index is 977. The first-order chi connectivity index (χ1) is 12.3. The fourth-order valence-electron chi connectivity index (χ4n) is 2.70. The number of carbonyl (C=O) groups is 1. The maximum absolute atomic E-state index is 12.8. The Balaban J connectivity index is 2.02. The van der Waals surface area contributed by atoms with Crippen LogP contribution in [0, 0.1) is 6.92 Å². The molecular weight excluding hydrogens is 354 g/mol. The number of ether oxygens (including phenoxy) is 2. The summed E-state index contributed by atoms with van der Waals surface area (Å²) in [6.07, 6.45) is 1.28. The summed E-state index contributed by atoms with van der Waals surface area (Å²) in [6, 6.07) is 10.7. The fourth-order valence-corrected chi connectivity index (χ4v) is 3.89. The number of hydrogen-bond donors (Lipinski definition) is 1. The minimum absolute atomic E-state index is 0.132. The highest BCUT2D eigenvalue weighted by Gasteiger charge is 2.32. The summed E-state index contributed by atoms with van der Waals surface area (Å²) in [6.45, 7) is 3.25. The van der Waals surface area contributed by atoms with E-state index < -0.39 is 16.1 Å². The minimum atomic E-state index is -3.83. The fraction of sp³-hybridized carbons (Fsp3) is 0.211. The molecule has 1 heterocycles. The smallest absolute Gasteiger partial charge is 0.241 e. The standard InChI is InChI=1S/C19H19NO5S/c1-12-4-7-15(8-5-12)26(22,23)20-19-16-9-6-14(24-3)10-18(16)25-11-17(19)13(2)21/h4-11,19-20H,1-3H3. The molecule has 0 spiro atoms. The van der Waals surface area contributed by atoms with Gasteiger partial charge in [0.1, 0.15) is 11.5 Å². The molecule has 0 radical (unpaired) electrons. The van der Waals surface area contributed by atoms with Gasteiger partial charge in [0.05, 0.1) is 29.9 Å². The van der Waals surface area contributed by atoms with Crippen LogP contribution in [-0.2, 0) is 14.8 Å². The molecule has 2 aromatic carbocycles. The summed E-state index contributed by atoms with van der Waals surface area (Å²) in [5.74, 6) is 0.734. The second-order valence-corrected chi connectivity index (χ2v) is 7.73. The van der Waals surface area contributed by atoms with Gasteiger partial charge in [-0.2, -0.15) is 4.72 Å². The summed E-state index contributed by atoms with van der Waals surface area (Å²) in [5, 5.41) is 0. The number of Topliss-reactive ketones (excluding diaryl/α,β-unsaturated/α-hetero) is 1. The normalized spacial score (nSPS) is 16.3. The quantitative estimate of drug-likeness (QED) is 0.871. The van der Waals surface area contributed by atoms with Gasteiger partial charge in [0.25, 0.3) is 0 Å². The molecule has 1 aliphatic rings. The van der Waals surface area contributed by atoms with Gasteiger partial charge in [0.2, 0.25) is 10.0 Å². The molecule has 26 heavy (non-hydrogen) atoms. The SMILES string of the molecule is COc1ccc2c(c1)OC=C(C(C)=O)C2NS(=O)(=O)c1ccc(C)cc1. The molecule has 1 unspecified atom stereocenters. The van der Waals surface area contributed by atoms with E-state index >= 15 is 0 Å². The zero-order valence-electron chi connectivity index (χ0n) is 14.6. The highest BCUT2D eigenvalue weighted by molar-refractivity contribution is 7.89. The van der Waals surface area contributed by atoms with E-state index in [0.717, 1.165) is 5.56 Å². The lowest BCUT2D eigenvalue weighted by Crippen LogP contribution is -2.33. The van der Waals surface area contributed by atoms with Crippen LogP contribution in [0.4, 0.5) is 0 Å². The molecule has 2 aromatic rings. The molecule has 0 saturated carbocycles. The van der Waals surface area contributed by atoms with Crippen molar-refractivity contribution in [3.63, 3.8) is 0 Å². The van der Waals surface area contributed by atoms with E-state index in [1.165, 1.54) is 32.4 Å². The zero-order valence-corrected chi connectivity index (χ0v) is 15.5. The largest absolute Gasteiger partial charge is 0.497 e. The monoisotopic (exact) mass is 373 g/mol. The molecule has 0 amide bonds. The molecule has 1 aliphatic heterocycles. The Morgan fingerprint density at radius 3 is 2.46 bits per heavy atom. The molecule has 3 rings (SSSR count). The van der Waals surface area contributed by atoms with Crippen LogP contribution >= 0.6 is 0 Å². The molecule has 1 atom stereocenters. The second-order valence-electron chi connectivity index (χ2n) is 6.02. The molecular formula is C19H19NO5S. The average Bonchev–Trinajstić information content (AvgIpc) is 2.61. The van der Waals surface area contributed by atoms with Crippen LogP contribution in [0.2, 0.25) is 0 Å². The number of ketones is 1. The molecule has 0 saturated heterocycles. The van der Waals surface area contributed by atoms with Crippen LogP contribution in [0.3, 0.4) is 0 Å². The number of methoxy groups -OCH3 is 1. The van der Waals surface area contributed by atoms with Crippen molar-refractivity contribution in [2.24, 2.45) is 0 Å². The third kappa shape index (κ3) is 3.49. The first-order valence-electron chi connectivity index (χ1n) is 7.96. The maximum Gasteiger partial charge on any atom is 0.241 e. The highest BCUT2D eigenvalue weighted by atomic mass is 32.2. The Kier molecular flexibility index (Phi) is 4.84. The predicted octanol–water partition coefficient (Wildman–Crippen LogP) is 2.89. The van der Waals surface area contributed by atoms with Gasteiger partial charge in [-0.3, -0.25) is 4.79 Å². The van der Waals surface area contributed by atoms with Crippen LogP contribution in [0.25, 0.3) is 0 Å². The van der Waals surface area contributed by atoms with Gasteiger partial charge in [0, 0.05) is 11.6 Å². The Labute approximate surface area is 152 Å². The van der Waals surface area contributed by atoms with E-state index in [9.17, 15) is 13.2 Å². The molecule has 0 bridgehead atoms. The van der Waals surface area contributed by atoms with E-state index in [1.807, 2.05) is 6.92 Å². The van der Waals surface area contributed by atoms with Crippen molar-refractivity contribution in [3.8, 4) is 11.5 Å². The number of benzene rings is 2. The van der Waals surface area contributed by atoms with Crippen LogP contribution in [-0.4, -0.2) is 21.3 Å². The lowest BCUT2D eigenvalue weighted by atomic mass is 9.95. The van der Waals surface area contributed by atoms with E-state index in [0.29, 0.717) is 17.1 Å². The summed E-state index contributed by atoms with van der Waals surface area (Å²) in [7, 11) is -2.30. The second kappa shape index (κ2) is 6.93. The van der Waals surface area contributed by atoms with Crippen LogP contribution in [0.1, 0.15) is 24.1 Å². The first kappa shape index (κ1) is 18.2. The summed E-state index contributed by atoms with van der Waals surface area (Å²) >= 11 is 0. The Morgan fingerprint density at radius 1 is 1.15 bits per heavy atom. The molecule has 6 nitrogen and oxygen atoms in total. The molecule has 0 aromatic heterocycles. The van der Waals surface area contributed by atoms with Gasteiger partial charge in [-0.1, -0.05) is 17.7 Å². The van der Waals surface area contributed by atoms with Gasteiger partial charge in [-0.05, 0) is 38.1 Å². The lowest BCUT2D eigenvalue weighted by molar-refractivity contribution is -0.114. The van der Waals surface area contributed by atoms with Crippen LogP contribution < -0.4 is 14.2 Å². The number of nitrogens with one attached hydrogen (secondary N) is 1. The lowest BCUT2D eigenvalue weighted by Gasteiger charge is -2.26. The van der Waals surface area contributed by atoms with E-state index in [-0.39, 0.29) is 16.3 Å². The van der Waals surface area contributed by atoms with E-state index in [4.69, 9.17) is 9.47 Å². The van der Waals surface area contributed by atoms with Crippen LogP contribution in [0.15, 0.2) is 59.2 Å². The number of fused-ring (bicyclic) bond motifs is 1. The highest BCUT2D eigenvalue weighted by Crippen LogP contribution is 2.38.